The second-order valence-corrected chi connectivity index (χ2v) is 3.42. The first-order chi connectivity index (χ1) is 6.48. The Labute approximate surface area is 78.7 Å². The van der Waals surface area contributed by atoms with Gasteiger partial charge in [0.2, 0.25) is 0 Å². The third-order valence-electron chi connectivity index (χ3n) is 2.34. The molecule has 0 saturated heterocycles. The van der Waals surface area contributed by atoms with Crippen molar-refractivity contribution in [1.29, 1.82) is 0 Å². The summed E-state index contributed by atoms with van der Waals surface area (Å²) in [6.45, 7) is 0.576. The summed E-state index contributed by atoms with van der Waals surface area (Å²) >= 11 is 0. The SMILES string of the molecule is NC1CCCn2cc(C(F)(F)F)nc21. The van der Waals surface area contributed by atoms with Crippen LogP contribution in [0.3, 0.4) is 0 Å². The number of rotatable bonds is 0. The van der Waals surface area contributed by atoms with Crippen molar-refractivity contribution in [3.05, 3.63) is 17.7 Å². The zero-order chi connectivity index (χ0) is 10.3. The van der Waals surface area contributed by atoms with Crippen molar-refractivity contribution >= 4 is 0 Å². The van der Waals surface area contributed by atoms with Crippen molar-refractivity contribution in [1.82, 2.24) is 9.55 Å². The summed E-state index contributed by atoms with van der Waals surface area (Å²) in [7, 11) is 0. The maximum absolute atomic E-state index is 12.3. The van der Waals surface area contributed by atoms with E-state index in [9.17, 15) is 13.2 Å². The van der Waals surface area contributed by atoms with Crippen LogP contribution in [0.15, 0.2) is 6.20 Å². The van der Waals surface area contributed by atoms with Crippen LogP contribution >= 0.6 is 0 Å². The minimum absolute atomic E-state index is 0.351. The molecule has 3 nitrogen and oxygen atoms in total. The van der Waals surface area contributed by atoms with Gasteiger partial charge in [0.15, 0.2) is 5.69 Å². The summed E-state index contributed by atoms with van der Waals surface area (Å²) in [4.78, 5) is 3.52. The lowest BCUT2D eigenvalue weighted by molar-refractivity contribution is -0.141. The summed E-state index contributed by atoms with van der Waals surface area (Å²) in [6.07, 6.45) is -1.82. The van der Waals surface area contributed by atoms with E-state index in [0.29, 0.717) is 18.8 Å². The van der Waals surface area contributed by atoms with Crippen LogP contribution in [-0.2, 0) is 12.7 Å². The number of nitrogens with zero attached hydrogens (tertiary/aromatic N) is 2. The number of imidazole rings is 1. The Morgan fingerprint density at radius 3 is 2.79 bits per heavy atom. The van der Waals surface area contributed by atoms with Crippen LogP contribution in [0.4, 0.5) is 13.2 Å². The molecule has 0 aromatic carbocycles. The summed E-state index contributed by atoms with van der Waals surface area (Å²) < 4.78 is 38.4. The molecular weight excluding hydrogens is 195 g/mol. The fraction of sp³-hybridized carbons (Fsp3) is 0.625. The number of hydrogen-bond donors (Lipinski definition) is 1. The normalized spacial score (nSPS) is 22.1. The van der Waals surface area contributed by atoms with Crippen molar-refractivity contribution in [2.24, 2.45) is 5.73 Å². The highest BCUT2D eigenvalue weighted by Crippen LogP contribution is 2.31. The van der Waals surface area contributed by atoms with Crippen molar-refractivity contribution < 1.29 is 13.2 Å². The number of aryl methyl sites for hydroxylation is 1. The Hall–Kier alpha value is -1.04. The highest BCUT2D eigenvalue weighted by molar-refractivity contribution is 5.11. The standard InChI is InChI=1S/C8H10F3N3/c9-8(10,11)6-4-14-3-1-2-5(12)7(14)13-6/h4-5H,1-3,12H2. The second kappa shape index (κ2) is 2.98. The van der Waals surface area contributed by atoms with E-state index in [1.807, 2.05) is 0 Å². The lowest BCUT2D eigenvalue weighted by Gasteiger charge is -2.19. The van der Waals surface area contributed by atoms with Crippen molar-refractivity contribution in [3.8, 4) is 0 Å². The third-order valence-corrected chi connectivity index (χ3v) is 2.34. The van der Waals surface area contributed by atoms with E-state index in [2.05, 4.69) is 4.98 Å². The first-order valence-electron chi connectivity index (χ1n) is 4.38. The van der Waals surface area contributed by atoms with Gasteiger partial charge in [-0.05, 0) is 12.8 Å². The fourth-order valence-corrected chi connectivity index (χ4v) is 1.65. The molecule has 2 heterocycles. The van der Waals surface area contributed by atoms with Crippen molar-refractivity contribution in [2.45, 2.75) is 31.6 Å². The van der Waals surface area contributed by atoms with Gasteiger partial charge in [-0.25, -0.2) is 4.98 Å². The maximum atomic E-state index is 12.3. The van der Waals surface area contributed by atoms with E-state index >= 15 is 0 Å². The van der Waals surface area contributed by atoms with Crippen molar-refractivity contribution in [2.75, 3.05) is 0 Å². The van der Waals surface area contributed by atoms with Crippen LogP contribution in [0.2, 0.25) is 0 Å². The van der Waals surface area contributed by atoms with Gasteiger partial charge in [-0.15, -0.1) is 0 Å². The molecule has 0 radical (unpaired) electrons. The number of hydrogen-bond acceptors (Lipinski definition) is 2. The zero-order valence-electron chi connectivity index (χ0n) is 7.38. The lowest BCUT2D eigenvalue weighted by Crippen LogP contribution is -2.21. The van der Waals surface area contributed by atoms with Gasteiger partial charge in [-0.1, -0.05) is 0 Å². The summed E-state index contributed by atoms with van der Waals surface area (Å²) in [5.74, 6) is 0.351. The fourth-order valence-electron chi connectivity index (χ4n) is 1.65. The van der Waals surface area contributed by atoms with E-state index in [0.717, 1.165) is 12.6 Å². The molecule has 1 aromatic rings. The molecule has 0 aliphatic carbocycles. The quantitative estimate of drug-likeness (QED) is 0.700. The summed E-state index contributed by atoms with van der Waals surface area (Å²) in [5, 5.41) is 0. The Morgan fingerprint density at radius 1 is 1.50 bits per heavy atom. The molecule has 6 heteroatoms. The molecule has 14 heavy (non-hydrogen) atoms. The van der Waals surface area contributed by atoms with Gasteiger partial charge in [-0.2, -0.15) is 13.2 Å². The molecule has 1 aliphatic rings. The molecule has 78 valence electrons. The smallest absolute Gasteiger partial charge is 0.333 e. The minimum Gasteiger partial charge on any atom is -0.333 e. The molecule has 0 saturated carbocycles. The second-order valence-electron chi connectivity index (χ2n) is 3.42. The number of halogens is 3. The molecule has 0 fully saturated rings. The first kappa shape index (κ1) is 9.51. The number of nitrogens with two attached hydrogens (primary N) is 1. The maximum Gasteiger partial charge on any atom is 0.434 e. The first-order valence-corrected chi connectivity index (χ1v) is 4.38. The predicted molar refractivity (Wildman–Crippen MR) is 43.4 cm³/mol. The number of fused-ring (bicyclic) bond motifs is 1. The molecule has 0 amide bonds. The Balaban J connectivity index is 2.40. The van der Waals surface area contributed by atoms with E-state index < -0.39 is 11.9 Å². The van der Waals surface area contributed by atoms with E-state index in [1.165, 1.54) is 4.57 Å². The number of alkyl halides is 3. The van der Waals surface area contributed by atoms with E-state index in [-0.39, 0.29) is 6.04 Å². The van der Waals surface area contributed by atoms with Crippen LogP contribution in [0.1, 0.15) is 30.4 Å². The summed E-state index contributed by atoms with van der Waals surface area (Å²) in [5.41, 5.74) is 4.81. The number of aromatic nitrogens is 2. The highest BCUT2D eigenvalue weighted by atomic mass is 19.4. The van der Waals surface area contributed by atoms with Crippen LogP contribution in [0, 0.1) is 0 Å². The van der Waals surface area contributed by atoms with Gasteiger partial charge in [0.05, 0.1) is 6.04 Å². The van der Waals surface area contributed by atoms with Crippen LogP contribution in [0.25, 0.3) is 0 Å². The third kappa shape index (κ3) is 1.50. The molecule has 0 bridgehead atoms. The lowest BCUT2D eigenvalue weighted by atomic mass is 10.1. The van der Waals surface area contributed by atoms with Gasteiger partial charge in [-0.3, -0.25) is 0 Å². The largest absolute Gasteiger partial charge is 0.434 e. The average Bonchev–Trinajstić information content (AvgIpc) is 2.48. The van der Waals surface area contributed by atoms with E-state index in [4.69, 9.17) is 5.73 Å². The Bertz CT molecular complexity index is 342. The van der Waals surface area contributed by atoms with Crippen molar-refractivity contribution in [3.63, 3.8) is 0 Å². The predicted octanol–water partition coefficient (Wildman–Crippen LogP) is 1.70. The molecule has 1 unspecified atom stereocenters. The van der Waals surface area contributed by atoms with Gasteiger partial charge in [0.1, 0.15) is 5.82 Å². The minimum atomic E-state index is -4.37. The average molecular weight is 205 g/mol. The Morgan fingerprint density at radius 2 is 2.21 bits per heavy atom. The zero-order valence-corrected chi connectivity index (χ0v) is 7.38. The van der Waals surface area contributed by atoms with Gasteiger partial charge in [0.25, 0.3) is 0 Å². The molecule has 1 aromatic heterocycles. The van der Waals surface area contributed by atoms with E-state index in [1.54, 1.807) is 0 Å². The van der Waals surface area contributed by atoms with Gasteiger partial charge in [0, 0.05) is 12.7 Å². The topological polar surface area (TPSA) is 43.8 Å². The molecule has 2 rings (SSSR count). The van der Waals surface area contributed by atoms with Crippen LogP contribution in [0.5, 0.6) is 0 Å². The molecule has 0 spiro atoms. The Kier molecular flexibility index (Phi) is 2.02. The molecular formula is C8H10F3N3. The van der Waals surface area contributed by atoms with Gasteiger partial charge >= 0.3 is 6.18 Å². The highest BCUT2D eigenvalue weighted by Gasteiger charge is 2.36. The monoisotopic (exact) mass is 205 g/mol. The van der Waals surface area contributed by atoms with Crippen LogP contribution < -0.4 is 5.73 Å². The molecule has 2 N–H and O–H groups in total. The molecule has 1 aliphatic heterocycles. The molecule has 1 atom stereocenters. The van der Waals surface area contributed by atoms with Crippen LogP contribution in [-0.4, -0.2) is 9.55 Å². The van der Waals surface area contributed by atoms with Gasteiger partial charge < -0.3 is 10.3 Å². The summed E-state index contributed by atoms with van der Waals surface area (Å²) in [6, 6.07) is -0.361.